The molecule has 0 spiro atoms. The van der Waals surface area contributed by atoms with Gasteiger partial charge in [0.2, 0.25) is 0 Å². The van der Waals surface area contributed by atoms with E-state index in [0.29, 0.717) is 5.56 Å². The van der Waals surface area contributed by atoms with Crippen molar-refractivity contribution in [1.82, 2.24) is 9.78 Å². The molecule has 0 saturated heterocycles. The Hall–Kier alpha value is -1.30. The van der Waals surface area contributed by atoms with Crippen molar-refractivity contribution in [2.24, 2.45) is 0 Å². The third-order valence-corrected chi connectivity index (χ3v) is 1.65. The van der Waals surface area contributed by atoms with E-state index in [1.54, 1.807) is 0 Å². The van der Waals surface area contributed by atoms with Gasteiger partial charge in [-0.05, 0) is 5.56 Å². The molecule has 1 atom stereocenters. The molecule has 1 aromatic rings. The Balaban J connectivity index is 2.65. The normalized spacial score (nSPS) is 14.0. The van der Waals surface area contributed by atoms with Gasteiger partial charge in [0, 0.05) is 18.8 Å². The monoisotopic (exact) mass is 206 g/mol. The van der Waals surface area contributed by atoms with Crippen LogP contribution in [0.1, 0.15) is 5.56 Å². The van der Waals surface area contributed by atoms with Crippen LogP contribution in [0.25, 0.3) is 6.20 Å². The van der Waals surface area contributed by atoms with Crippen molar-refractivity contribution >= 4 is 6.20 Å². The number of hydrogen-bond acceptors (Lipinski definition) is 2. The van der Waals surface area contributed by atoms with Crippen LogP contribution in [-0.4, -0.2) is 27.2 Å². The molecule has 6 heteroatoms. The number of hydrogen-bond donors (Lipinski definition) is 1. The minimum Gasteiger partial charge on any atom is -0.383 e. The summed E-state index contributed by atoms with van der Waals surface area (Å²) < 4.78 is 37.1. The van der Waals surface area contributed by atoms with Crippen LogP contribution in [0.4, 0.5) is 13.2 Å². The Labute approximate surface area is 78.5 Å². The van der Waals surface area contributed by atoms with Crippen molar-refractivity contribution in [3.05, 3.63) is 24.5 Å². The van der Waals surface area contributed by atoms with Crippen LogP contribution >= 0.6 is 0 Å². The summed E-state index contributed by atoms with van der Waals surface area (Å²) in [6, 6.07) is 0. The number of halogens is 3. The number of alkyl halides is 3. The van der Waals surface area contributed by atoms with Crippen molar-refractivity contribution in [2.75, 3.05) is 0 Å². The minimum absolute atomic E-state index is 0.315. The molecule has 1 heterocycles. The Morgan fingerprint density at radius 2 is 2.29 bits per heavy atom. The van der Waals surface area contributed by atoms with E-state index in [0.717, 1.165) is 0 Å². The maximum absolute atomic E-state index is 11.9. The second-order valence-electron chi connectivity index (χ2n) is 2.77. The number of aromatic nitrogens is 2. The van der Waals surface area contributed by atoms with E-state index in [9.17, 15) is 13.2 Å². The second-order valence-corrected chi connectivity index (χ2v) is 2.77. The summed E-state index contributed by atoms with van der Waals surface area (Å²) in [4.78, 5) is 0. The lowest BCUT2D eigenvalue weighted by atomic mass is 10.1. The molecule has 0 aliphatic heterocycles. The highest BCUT2D eigenvalue weighted by molar-refractivity contribution is 5.18. The topological polar surface area (TPSA) is 38.0 Å². The fourth-order valence-electron chi connectivity index (χ4n) is 0.922. The smallest absolute Gasteiger partial charge is 0.383 e. The van der Waals surface area contributed by atoms with Gasteiger partial charge in [-0.2, -0.15) is 18.3 Å². The highest BCUT2D eigenvalue weighted by Gasteiger charge is 2.38. The maximum Gasteiger partial charge on any atom is 0.414 e. The summed E-state index contributed by atoms with van der Waals surface area (Å²) in [5, 5.41) is 12.4. The van der Waals surface area contributed by atoms with Crippen molar-refractivity contribution in [1.29, 1.82) is 0 Å². The lowest BCUT2D eigenvalue weighted by molar-refractivity contribution is -0.203. The van der Waals surface area contributed by atoms with Crippen LogP contribution in [0.2, 0.25) is 0 Å². The summed E-state index contributed by atoms with van der Waals surface area (Å²) in [6.45, 7) is 3.39. The average Bonchev–Trinajstić information content (AvgIpc) is 2.50. The van der Waals surface area contributed by atoms with Gasteiger partial charge in [0.1, 0.15) is 0 Å². The molecule has 0 fully saturated rings. The van der Waals surface area contributed by atoms with Crippen LogP contribution in [0.15, 0.2) is 19.0 Å². The molecular weight excluding hydrogens is 197 g/mol. The Bertz CT molecular complexity index is 319. The Morgan fingerprint density at radius 1 is 1.64 bits per heavy atom. The maximum atomic E-state index is 11.9. The van der Waals surface area contributed by atoms with Crippen LogP contribution in [0, 0.1) is 0 Å². The van der Waals surface area contributed by atoms with Gasteiger partial charge in [0.15, 0.2) is 6.10 Å². The standard InChI is InChI=1S/C8H9F3N2O/c1-2-13-5-6(4-12-13)3-7(14)8(9,10)11/h2,4-5,7,14H,1,3H2. The summed E-state index contributed by atoms with van der Waals surface area (Å²) >= 11 is 0. The molecule has 0 bridgehead atoms. The van der Waals surface area contributed by atoms with Crippen molar-refractivity contribution in [2.45, 2.75) is 18.7 Å². The second kappa shape index (κ2) is 3.83. The molecule has 3 nitrogen and oxygen atoms in total. The zero-order chi connectivity index (χ0) is 10.8. The van der Waals surface area contributed by atoms with Crippen LogP contribution in [0.3, 0.4) is 0 Å². The molecular formula is C8H9F3N2O. The van der Waals surface area contributed by atoms with Gasteiger partial charge in [-0.25, -0.2) is 4.68 Å². The number of aliphatic hydroxyl groups is 1. The van der Waals surface area contributed by atoms with Gasteiger partial charge in [-0.1, -0.05) is 6.58 Å². The minimum atomic E-state index is -4.59. The first kappa shape index (κ1) is 10.8. The average molecular weight is 206 g/mol. The van der Waals surface area contributed by atoms with E-state index in [1.807, 2.05) is 0 Å². The summed E-state index contributed by atoms with van der Waals surface area (Å²) in [5.41, 5.74) is 0.315. The first-order chi connectivity index (χ1) is 6.43. The molecule has 0 amide bonds. The van der Waals surface area contributed by atoms with E-state index < -0.39 is 18.7 Å². The quantitative estimate of drug-likeness (QED) is 0.812. The van der Waals surface area contributed by atoms with Crippen LogP contribution in [0.5, 0.6) is 0 Å². The third-order valence-electron chi connectivity index (χ3n) is 1.65. The summed E-state index contributed by atoms with van der Waals surface area (Å²) in [5.74, 6) is 0. The predicted molar refractivity (Wildman–Crippen MR) is 44.4 cm³/mol. The van der Waals surface area contributed by atoms with E-state index in [4.69, 9.17) is 5.11 Å². The third kappa shape index (κ3) is 2.59. The van der Waals surface area contributed by atoms with E-state index in [1.165, 1.54) is 23.3 Å². The predicted octanol–water partition coefficient (Wildman–Crippen LogP) is 1.45. The van der Waals surface area contributed by atoms with Crippen molar-refractivity contribution in [3.63, 3.8) is 0 Å². The van der Waals surface area contributed by atoms with Gasteiger partial charge in [-0.15, -0.1) is 0 Å². The van der Waals surface area contributed by atoms with E-state index in [-0.39, 0.29) is 0 Å². The molecule has 1 rings (SSSR count). The summed E-state index contributed by atoms with van der Waals surface area (Å²) in [6.07, 6.45) is -3.43. The number of nitrogens with zero attached hydrogens (tertiary/aromatic N) is 2. The summed E-state index contributed by atoms with van der Waals surface area (Å²) in [7, 11) is 0. The largest absolute Gasteiger partial charge is 0.414 e. The highest BCUT2D eigenvalue weighted by Crippen LogP contribution is 2.22. The van der Waals surface area contributed by atoms with E-state index >= 15 is 0 Å². The van der Waals surface area contributed by atoms with Gasteiger partial charge < -0.3 is 5.11 Å². The van der Waals surface area contributed by atoms with Crippen molar-refractivity contribution in [3.8, 4) is 0 Å². The Morgan fingerprint density at radius 3 is 2.71 bits per heavy atom. The van der Waals surface area contributed by atoms with E-state index in [2.05, 4.69) is 11.7 Å². The van der Waals surface area contributed by atoms with Gasteiger partial charge in [0.25, 0.3) is 0 Å². The molecule has 1 aromatic heterocycles. The zero-order valence-electron chi connectivity index (χ0n) is 7.20. The fraction of sp³-hybridized carbons (Fsp3) is 0.375. The fourth-order valence-corrected chi connectivity index (χ4v) is 0.922. The molecule has 0 saturated carbocycles. The van der Waals surface area contributed by atoms with Gasteiger partial charge in [-0.3, -0.25) is 0 Å². The number of rotatable bonds is 3. The van der Waals surface area contributed by atoms with Crippen LogP contribution in [-0.2, 0) is 6.42 Å². The molecule has 14 heavy (non-hydrogen) atoms. The van der Waals surface area contributed by atoms with Gasteiger partial charge >= 0.3 is 6.18 Å². The molecule has 0 aliphatic rings. The number of aliphatic hydroxyl groups excluding tert-OH is 1. The molecule has 0 aromatic carbocycles. The molecule has 78 valence electrons. The lowest BCUT2D eigenvalue weighted by Crippen LogP contribution is -2.30. The zero-order valence-corrected chi connectivity index (χ0v) is 7.20. The first-order valence-corrected chi connectivity index (χ1v) is 3.84. The van der Waals surface area contributed by atoms with Gasteiger partial charge in [0.05, 0.1) is 6.20 Å². The highest BCUT2D eigenvalue weighted by atomic mass is 19.4. The van der Waals surface area contributed by atoms with Crippen LogP contribution < -0.4 is 0 Å². The molecule has 0 radical (unpaired) electrons. The Kier molecular flexibility index (Phi) is 2.95. The van der Waals surface area contributed by atoms with Crippen molar-refractivity contribution < 1.29 is 18.3 Å². The lowest BCUT2D eigenvalue weighted by Gasteiger charge is -2.12. The molecule has 1 N–H and O–H groups in total. The molecule has 1 unspecified atom stereocenters. The first-order valence-electron chi connectivity index (χ1n) is 3.84. The molecule has 0 aliphatic carbocycles. The SMILES string of the molecule is C=Cn1cc(CC(O)C(F)(F)F)cn1.